The average Bonchev–Trinajstić information content (AvgIpc) is 2.77. The van der Waals surface area contributed by atoms with Crippen molar-refractivity contribution in [3.05, 3.63) is 103 Å². The van der Waals surface area contributed by atoms with Gasteiger partial charge in [-0.2, -0.15) is 0 Å². The van der Waals surface area contributed by atoms with Crippen LogP contribution in [0, 0.1) is 0 Å². The van der Waals surface area contributed by atoms with Gasteiger partial charge in [0.15, 0.2) is 6.29 Å². The lowest BCUT2D eigenvalue weighted by atomic mass is 10.3. The molecule has 0 amide bonds. The van der Waals surface area contributed by atoms with Crippen molar-refractivity contribution in [2.75, 3.05) is 14.2 Å². The Bertz CT molecular complexity index is 840. The van der Waals surface area contributed by atoms with Crippen LogP contribution in [-0.2, 0) is 9.47 Å². The van der Waals surface area contributed by atoms with Crippen molar-refractivity contribution in [1.29, 1.82) is 0 Å². The zero-order valence-corrected chi connectivity index (χ0v) is 17.6. The third-order valence-corrected chi connectivity index (χ3v) is 8.79. The number of benzene rings is 3. The van der Waals surface area contributed by atoms with Crippen LogP contribution >= 0.6 is 6.89 Å². The molecule has 0 atom stereocenters. The molecule has 3 rings (SSSR count). The fourth-order valence-electron chi connectivity index (χ4n) is 3.47. The molecule has 0 saturated carbocycles. The van der Waals surface area contributed by atoms with Crippen molar-refractivity contribution in [2.45, 2.75) is 13.2 Å². The third kappa shape index (κ3) is 4.20. The summed E-state index contributed by atoms with van der Waals surface area (Å²) >= 11 is 0. The van der Waals surface area contributed by atoms with Crippen LogP contribution in [0.15, 0.2) is 103 Å². The maximum atomic E-state index is 5.45. The Morgan fingerprint density at radius 2 is 1.04 bits per heavy atom. The second-order valence-electron chi connectivity index (χ2n) is 6.59. The molecule has 3 aromatic rings. The SMILES string of the molecule is COC(OC)/C(C)=C/C=P(c1ccccc1)(c1ccccc1)c1ccccc1. The van der Waals surface area contributed by atoms with E-state index in [1.54, 1.807) is 14.2 Å². The highest BCUT2D eigenvalue weighted by molar-refractivity contribution is 7.94. The molecule has 0 spiro atoms. The van der Waals surface area contributed by atoms with E-state index in [4.69, 9.17) is 9.47 Å². The van der Waals surface area contributed by atoms with Gasteiger partial charge in [0.2, 0.25) is 0 Å². The number of hydrogen-bond donors (Lipinski definition) is 0. The molecule has 0 aliphatic carbocycles. The Balaban J connectivity index is 2.35. The zero-order chi connectivity index (χ0) is 19.8. The van der Waals surface area contributed by atoms with Crippen molar-refractivity contribution in [1.82, 2.24) is 0 Å². The van der Waals surface area contributed by atoms with E-state index in [1.807, 2.05) is 6.92 Å². The van der Waals surface area contributed by atoms with Crippen LogP contribution in [0.5, 0.6) is 0 Å². The molecule has 3 heteroatoms. The summed E-state index contributed by atoms with van der Waals surface area (Å²) in [7, 11) is 3.33. The standard InChI is InChI=1S/C25H27O2P/c1-21(25(26-2)27-3)19-20-28(22-13-7-4-8-14-22,23-15-9-5-10-16-23)24-17-11-6-12-18-24/h4-20,25H,1-3H3/b21-19+. The fourth-order valence-corrected chi connectivity index (χ4v) is 7.27. The molecular weight excluding hydrogens is 363 g/mol. The van der Waals surface area contributed by atoms with Crippen molar-refractivity contribution in [2.24, 2.45) is 0 Å². The lowest BCUT2D eigenvalue weighted by Gasteiger charge is -2.28. The predicted molar refractivity (Wildman–Crippen MR) is 123 cm³/mol. The van der Waals surface area contributed by atoms with E-state index in [2.05, 4.69) is 103 Å². The smallest absolute Gasteiger partial charge is 0.179 e. The van der Waals surface area contributed by atoms with Gasteiger partial charge in [-0.05, 0) is 35.3 Å². The van der Waals surface area contributed by atoms with Gasteiger partial charge in [-0.3, -0.25) is 0 Å². The average molecular weight is 390 g/mol. The second-order valence-corrected chi connectivity index (χ2v) is 9.89. The van der Waals surface area contributed by atoms with E-state index in [1.165, 1.54) is 15.9 Å². The molecule has 0 fully saturated rings. The van der Waals surface area contributed by atoms with Crippen LogP contribution in [0.2, 0.25) is 0 Å². The molecule has 0 heterocycles. The highest BCUT2D eigenvalue weighted by Gasteiger charge is 2.24. The molecule has 0 saturated heterocycles. The largest absolute Gasteiger partial charge is 0.352 e. The van der Waals surface area contributed by atoms with Gasteiger partial charge in [0.1, 0.15) is 0 Å². The van der Waals surface area contributed by atoms with Crippen molar-refractivity contribution < 1.29 is 9.47 Å². The summed E-state index contributed by atoms with van der Waals surface area (Å²) in [4.78, 5) is 0. The molecule has 0 aliphatic rings. The first-order valence-electron chi connectivity index (χ1n) is 9.36. The maximum Gasteiger partial charge on any atom is 0.179 e. The minimum atomic E-state index is -1.98. The van der Waals surface area contributed by atoms with Gasteiger partial charge in [-0.15, -0.1) is 0 Å². The summed E-state index contributed by atoms with van der Waals surface area (Å²) in [5, 5.41) is 3.97. The first-order valence-corrected chi connectivity index (χ1v) is 11.2. The first-order chi connectivity index (χ1) is 13.7. The lowest BCUT2D eigenvalue weighted by Crippen LogP contribution is -2.27. The molecule has 0 bridgehead atoms. The summed E-state index contributed by atoms with van der Waals surface area (Å²) < 4.78 is 10.9. The Hall–Kier alpha value is -2.38. The summed E-state index contributed by atoms with van der Waals surface area (Å²) in [5.41, 5.74) is 1.04. The van der Waals surface area contributed by atoms with Crippen LogP contribution in [0.25, 0.3) is 0 Å². The van der Waals surface area contributed by atoms with Crippen LogP contribution in [0.1, 0.15) is 6.92 Å². The third-order valence-electron chi connectivity index (χ3n) is 4.85. The van der Waals surface area contributed by atoms with E-state index in [0.29, 0.717) is 0 Å². The zero-order valence-electron chi connectivity index (χ0n) is 16.7. The normalized spacial score (nSPS) is 12.2. The minimum Gasteiger partial charge on any atom is -0.352 e. The van der Waals surface area contributed by atoms with E-state index in [9.17, 15) is 0 Å². The van der Waals surface area contributed by atoms with Gasteiger partial charge in [-0.25, -0.2) is 0 Å². The second kappa shape index (κ2) is 9.71. The van der Waals surface area contributed by atoms with Crippen LogP contribution in [0.4, 0.5) is 0 Å². The van der Waals surface area contributed by atoms with Gasteiger partial charge in [0.05, 0.1) is 0 Å². The van der Waals surface area contributed by atoms with Crippen LogP contribution < -0.4 is 15.9 Å². The molecule has 0 aromatic heterocycles. The van der Waals surface area contributed by atoms with Crippen molar-refractivity contribution >= 4 is 28.6 Å². The summed E-state index contributed by atoms with van der Waals surface area (Å²) in [5.74, 6) is 2.37. The predicted octanol–water partition coefficient (Wildman–Crippen LogP) is 4.35. The Morgan fingerprint density at radius 1 is 0.679 bits per heavy atom. The Morgan fingerprint density at radius 3 is 1.36 bits per heavy atom. The van der Waals surface area contributed by atoms with Gasteiger partial charge in [0, 0.05) is 14.2 Å². The fraction of sp³-hybridized carbons (Fsp3) is 0.160. The molecule has 0 radical (unpaired) electrons. The number of ether oxygens (including phenoxy) is 2. The van der Waals surface area contributed by atoms with E-state index in [0.717, 1.165) is 5.57 Å². The van der Waals surface area contributed by atoms with Crippen LogP contribution in [0.3, 0.4) is 0 Å². The molecule has 2 nitrogen and oxygen atoms in total. The first kappa shape index (κ1) is 20.4. The van der Waals surface area contributed by atoms with Gasteiger partial charge < -0.3 is 9.47 Å². The Labute approximate surface area is 168 Å². The Kier molecular flexibility index (Phi) is 7.06. The van der Waals surface area contributed by atoms with E-state index in [-0.39, 0.29) is 6.29 Å². The quantitative estimate of drug-likeness (QED) is 0.441. The number of hydrogen-bond acceptors (Lipinski definition) is 2. The maximum absolute atomic E-state index is 5.45. The monoisotopic (exact) mass is 390 g/mol. The molecule has 3 aromatic carbocycles. The highest BCUT2D eigenvalue weighted by atomic mass is 31.2. The van der Waals surface area contributed by atoms with Crippen molar-refractivity contribution in [3.63, 3.8) is 0 Å². The number of allylic oxidation sites excluding steroid dienone is 1. The lowest BCUT2D eigenvalue weighted by molar-refractivity contribution is -0.0745. The molecular formula is C25H27O2P. The molecule has 28 heavy (non-hydrogen) atoms. The highest BCUT2D eigenvalue weighted by Crippen LogP contribution is 2.43. The van der Waals surface area contributed by atoms with Gasteiger partial charge in [0.25, 0.3) is 0 Å². The molecule has 144 valence electrons. The van der Waals surface area contributed by atoms with Crippen molar-refractivity contribution in [3.8, 4) is 0 Å². The van der Waals surface area contributed by atoms with E-state index >= 15 is 0 Å². The minimum absolute atomic E-state index is 0.347. The molecule has 0 unspecified atom stereocenters. The molecule has 0 aliphatic heterocycles. The topological polar surface area (TPSA) is 18.5 Å². The summed E-state index contributed by atoms with van der Waals surface area (Å²) in [6, 6.07) is 32.3. The number of rotatable bonds is 7. The van der Waals surface area contributed by atoms with Gasteiger partial charge in [-0.1, -0.05) is 103 Å². The summed E-state index contributed by atoms with van der Waals surface area (Å²) in [6.07, 6.45) is 1.82. The summed E-state index contributed by atoms with van der Waals surface area (Å²) in [6.45, 7) is 0.0652. The van der Waals surface area contributed by atoms with E-state index < -0.39 is 6.89 Å². The number of methoxy groups -OCH3 is 2. The van der Waals surface area contributed by atoms with Gasteiger partial charge >= 0.3 is 0 Å². The molecule has 0 N–H and O–H groups in total. The van der Waals surface area contributed by atoms with Crippen LogP contribution in [-0.4, -0.2) is 26.3 Å².